The van der Waals surface area contributed by atoms with Gasteiger partial charge < -0.3 is 31.2 Å². The van der Waals surface area contributed by atoms with Crippen LogP contribution >= 0.6 is 0 Å². The largest absolute Gasteiger partial charge is 1.00 e. The van der Waals surface area contributed by atoms with Crippen molar-refractivity contribution in [3.63, 3.8) is 0 Å². The van der Waals surface area contributed by atoms with Crippen LogP contribution in [-0.2, 0) is 13.6 Å². The van der Waals surface area contributed by atoms with Crippen molar-refractivity contribution >= 4 is 11.7 Å². The molecule has 2 aromatic carbocycles. The Labute approximate surface area is 173 Å². The minimum absolute atomic E-state index is 0. The zero-order valence-electron chi connectivity index (χ0n) is 15.5. The minimum Gasteiger partial charge on any atom is -1.00 e. The maximum atomic E-state index is 12.7. The number of aromatic nitrogens is 2. The van der Waals surface area contributed by atoms with E-state index >= 15 is 0 Å². The molecule has 0 spiro atoms. The van der Waals surface area contributed by atoms with Crippen molar-refractivity contribution in [2.75, 3.05) is 19.6 Å². The molecule has 0 aliphatic carbocycles. The van der Waals surface area contributed by atoms with Crippen LogP contribution in [0.4, 0.5) is 5.95 Å². The summed E-state index contributed by atoms with van der Waals surface area (Å²) in [6, 6.07) is 12.9. The van der Waals surface area contributed by atoms with Gasteiger partial charge in [-0.25, -0.2) is 9.13 Å². The van der Waals surface area contributed by atoms with Crippen LogP contribution in [0.25, 0.3) is 11.3 Å². The average Bonchev–Trinajstić information content (AvgIpc) is 3.27. The number of nitrogen functional groups attached to an aromatic ring is 1. The molecule has 1 aromatic heterocycles. The van der Waals surface area contributed by atoms with E-state index in [4.69, 9.17) is 19.9 Å². The minimum atomic E-state index is -0.0584. The standard InChI is InChI=1S/C20H19N3O4.BrH/c1-22-16(13-3-6-15(25-2)7-4-13)10-23(20(22)21)11-17(24)14-5-8-18-19(9-14)27-12-26-18;/h3-10,21H,11-12H2,1-2H3;1H. The molecule has 1 aliphatic rings. The van der Waals surface area contributed by atoms with Gasteiger partial charge >= 0.3 is 5.95 Å². The lowest BCUT2D eigenvalue weighted by molar-refractivity contribution is -0.667. The predicted molar refractivity (Wildman–Crippen MR) is 98.9 cm³/mol. The van der Waals surface area contributed by atoms with Gasteiger partial charge in [-0.15, -0.1) is 0 Å². The molecule has 7 nitrogen and oxygen atoms in total. The van der Waals surface area contributed by atoms with Crippen LogP contribution in [0.5, 0.6) is 17.2 Å². The Hall–Kier alpha value is -3.00. The average molecular weight is 446 g/mol. The molecule has 28 heavy (non-hydrogen) atoms. The second-order valence-electron chi connectivity index (χ2n) is 6.28. The summed E-state index contributed by atoms with van der Waals surface area (Å²) >= 11 is 0. The third kappa shape index (κ3) is 3.55. The van der Waals surface area contributed by atoms with Gasteiger partial charge in [0.1, 0.15) is 24.2 Å². The van der Waals surface area contributed by atoms with Crippen LogP contribution < -0.4 is 41.5 Å². The third-order valence-corrected chi connectivity index (χ3v) is 4.67. The number of ketones is 1. The Morgan fingerprint density at radius 2 is 1.89 bits per heavy atom. The van der Waals surface area contributed by atoms with E-state index in [0.717, 1.165) is 17.0 Å². The molecule has 0 bridgehead atoms. The highest BCUT2D eigenvalue weighted by Crippen LogP contribution is 2.32. The Morgan fingerprint density at radius 3 is 2.61 bits per heavy atom. The first kappa shape index (κ1) is 19.8. The number of anilines is 1. The smallest absolute Gasteiger partial charge is 0.355 e. The Bertz CT molecular complexity index is 1020. The van der Waals surface area contributed by atoms with Gasteiger partial charge in [0.2, 0.25) is 6.79 Å². The lowest BCUT2D eigenvalue weighted by Crippen LogP contribution is -3.00. The second kappa shape index (κ2) is 7.93. The molecule has 0 amide bonds. The Kier molecular flexibility index (Phi) is 5.60. The zero-order valence-corrected chi connectivity index (χ0v) is 17.1. The number of methoxy groups -OCH3 is 1. The van der Waals surface area contributed by atoms with Crippen molar-refractivity contribution in [1.29, 1.82) is 0 Å². The van der Waals surface area contributed by atoms with Crippen molar-refractivity contribution in [3.05, 3.63) is 54.2 Å². The number of ether oxygens (including phenoxy) is 3. The number of rotatable bonds is 5. The number of halogens is 1. The van der Waals surface area contributed by atoms with Gasteiger partial charge in [0.25, 0.3) is 0 Å². The highest BCUT2D eigenvalue weighted by Gasteiger charge is 2.22. The predicted octanol–water partition coefficient (Wildman–Crippen LogP) is -0.814. The lowest BCUT2D eigenvalue weighted by Gasteiger charge is -2.02. The van der Waals surface area contributed by atoms with E-state index in [1.807, 2.05) is 42.1 Å². The monoisotopic (exact) mass is 445 g/mol. The van der Waals surface area contributed by atoms with E-state index in [0.29, 0.717) is 23.0 Å². The summed E-state index contributed by atoms with van der Waals surface area (Å²) < 4.78 is 19.4. The van der Waals surface area contributed by atoms with Gasteiger partial charge in [-0.3, -0.25) is 10.5 Å². The van der Waals surface area contributed by atoms with Gasteiger partial charge in [-0.05, 0) is 42.5 Å². The molecule has 0 radical (unpaired) electrons. The maximum absolute atomic E-state index is 12.7. The van der Waals surface area contributed by atoms with E-state index in [-0.39, 0.29) is 36.1 Å². The van der Waals surface area contributed by atoms with E-state index < -0.39 is 0 Å². The summed E-state index contributed by atoms with van der Waals surface area (Å²) in [5.41, 5.74) is 8.67. The van der Waals surface area contributed by atoms with E-state index in [1.54, 1.807) is 29.9 Å². The number of Topliss-reactive ketones (excluding diaryl/α,β-unsaturated/α-hetero) is 1. The van der Waals surface area contributed by atoms with Crippen molar-refractivity contribution < 1.29 is 40.6 Å². The molecule has 3 aromatic rings. The van der Waals surface area contributed by atoms with Crippen molar-refractivity contribution in [2.45, 2.75) is 6.54 Å². The van der Waals surface area contributed by atoms with Crippen LogP contribution in [0.15, 0.2) is 48.7 Å². The van der Waals surface area contributed by atoms with Gasteiger partial charge in [-0.1, -0.05) is 0 Å². The molecule has 2 heterocycles. The fraction of sp³-hybridized carbons (Fsp3) is 0.200. The number of nitrogens with two attached hydrogens (primary N) is 1. The number of fused-ring (bicyclic) bond motifs is 1. The molecule has 4 rings (SSSR count). The quantitative estimate of drug-likeness (QED) is 0.410. The third-order valence-electron chi connectivity index (χ3n) is 4.67. The molecule has 0 saturated carbocycles. The molecule has 0 saturated heterocycles. The molecule has 8 heteroatoms. The SMILES string of the molecule is COc1ccc(-c2c[n+](CC(=O)c3ccc4c(c3)OCO4)c(N)n2C)cc1.[Br-]. The summed E-state index contributed by atoms with van der Waals surface area (Å²) in [6.45, 7) is 0.314. The van der Waals surface area contributed by atoms with Gasteiger partial charge in [-0.2, -0.15) is 0 Å². The number of carbonyl (C=O) groups excluding carboxylic acids is 1. The fourth-order valence-corrected chi connectivity index (χ4v) is 3.09. The summed E-state index contributed by atoms with van der Waals surface area (Å²) in [4.78, 5) is 12.7. The first-order valence-corrected chi connectivity index (χ1v) is 8.48. The van der Waals surface area contributed by atoms with Gasteiger partial charge in [0.15, 0.2) is 17.3 Å². The Balaban J connectivity index is 0.00000225. The Morgan fingerprint density at radius 1 is 1.18 bits per heavy atom. The first-order valence-electron chi connectivity index (χ1n) is 8.48. The molecule has 146 valence electrons. The molecule has 0 atom stereocenters. The van der Waals surface area contributed by atoms with Crippen LogP contribution in [0.3, 0.4) is 0 Å². The van der Waals surface area contributed by atoms with Crippen LogP contribution in [0.2, 0.25) is 0 Å². The van der Waals surface area contributed by atoms with Crippen LogP contribution in [0, 0.1) is 0 Å². The zero-order chi connectivity index (χ0) is 19.0. The molecular formula is C20H20BrN3O4. The molecule has 0 unspecified atom stereocenters. The first-order chi connectivity index (χ1) is 13.1. The second-order valence-corrected chi connectivity index (χ2v) is 6.28. The van der Waals surface area contributed by atoms with E-state index in [2.05, 4.69) is 0 Å². The summed E-state index contributed by atoms with van der Waals surface area (Å²) in [5.74, 6) is 2.46. The van der Waals surface area contributed by atoms with E-state index in [1.165, 1.54) is 0 Å². The summed E-state index contributed by atoms with van der Waals surface area (Å²) in [6.07, 6.45) is 1.88. The van der Waals surface area contributed by atoms with Crippen molar-refractivity contribution in [2.24, 2.45) is 7.05 Å². The number of carbonyl (C=O) groups is 1. The fourth-order valence-electron chi connectivity index (χ4n) is 3.09. The molecule has 0 fully saturated rings. The molecular weight excluding hydrogens is 426 g/mol. The highest BCUT2D eigenvalue weighted by atomic mass is 79.9. The van der Waals surface area contributed by atoms with E-state index in [9.17, 15) is 4.79 Å². The maximum Gasteiger partial charge on any atom is 0.355 e. The number of hydrogen-bond donors (Lipinski definition) is 1. The van der Waals surface area contributed by atoms with Crippen molar-refractivity contribution in [1.82, 2.24) is 4.57 Å². The van der Waals surface area contributed by atoms with Crippen LogP contribution in [0.1, 0.15) is 10.4 Å². The summed E-state index contributed by atoms with van der Waals surface area (Å²) in [5, 5.41) is 0. The van der Waals surface area contributed by atoms with Gasteiger partial charge in [0, 0.05) is 11.1 Å². The van der Waals surface area contributed by atoms with Gasteiger partial charge in [0.05, 0.1) is 14.2 Å². The van der Waals surface area contributed by atoms with Crippen LogP contribution in [-0.4, -0.2) is 24.3 Å². The molecule has 2 N–H and O–H groups in total. The van der Waals surface area contributed by atoms with Crippen molar-refractivity contribution in [3.8, 4) is 28.5 Å². The topological polar surface area (TPSA) is 79.6 Å². The number of nitrogens with zero attached hydrogens (tertiary/aromatic N) is 2. The lowest BCUT2D eigenvalue weighted by atomic mass is 10.1. The number of benzene rings is 2. The highest BCUT2D eigenvalue weighted by molar-refractivity contribution is 5.95. The number of hydrogen-bond acceptors (Lipinski definition) is 5. The number of imidazole rings is 1. The molecule has 1 aliphatic heterocycles. The summed E-state index contributed by atoms with van der Waals surface area (Å²) in [7, 11) is 3.50. The normalized spacial score (nSPS) is 11.8.